The van der Waals surface area contributed by atoms with Crippen LogP contribution in [0.3, 0.4) is 0 Å². The van der Waals surface area contributed by atoms with Crippen molar-refractivity contribution in [3.63, 3.8) is 0 Å². The van der Waals surface area contributed by atoms with E-state index in [1.165, 1.54) is 63.4 Å². The molecule has 0 spiro atoms. The molecule has 0 aliphatic carbocycles. The molecule has 0 amide bonds. The van der Waals surface area contributed by atoms with Gasteiger partial charge in [-0.3, -0.25) is 4.79 Å². The molecule has 190 valence electrons. The second kappa shape index (κ2) is 14.6. The van der Waals surface area contributed by atoms with Crippen molar-refractivity contribution < 1.29 is 14.6 Å². The van der Waals surface area contributed by atoms with Crippen LogP contribution in [0.2, 0.25) is 0 Å². The second-order valence-electron chi connectivity index (χ2n) is 9.72. The molecule has 0 saturated carbocycles. The molecule has 1 N–H and O–H groups in total. The van der Waals surface area contributed by atoms with Crippen LogP contribution in [0, 0.1) is 0 Å². The number of fused-ring (bicyclic) bond motifs is 1. The third-order valence-electron chi connectivity index (χ3n) is 6.82. The van der Waals surface area contributed by atoms with Crippen molar-refractivity contribution in [2.75, 3.05) is 20.7 Å². The van der Waals surface area contributed by atoms with Crippen molar-refractivity contribution in [1.82, 2.24) is 9.47 Å². The first-order valence-electron chi connectivity index (χ1n) is 13.2. The average molecular weight is 479 g/mol. The van der Waals surface area contributed by atoms with Crippen molar-refractivity contribution in [1.29, 1.82) is 0 Å². The van der Waals surface area contributed by atoms with Gasteiger partial charge in [-0.25, -0.2) is 0 Å². The fraction of sp³-hybridized carbons (Fsp3) is 0.500. The minimum atomic E-state index is 0.331. The van der Waals surface area contributed by atoms with Crippen LogP contribution in [-0.2, 0) is 13.1 Å². The zero-order valence-corrected chi connectivity index (χ0v) is 21.5. The van der Waals surface area contributed by atoms with Gasteiger partial charge in [-0.05, 0) is 62.3 Å². The van der Waals surface area contributed by atoms with Gasteiger partial charge in [0.2, 0.25) is 0 Å². The third kappa shape index (κ3) is 8.74. The minimum absolute atomic E-state index is 0.331. The summed E-state index contributed by atoms with van der Waals surface area (Å²) in [6.07, 6.45) is 15.8. The number of benzene rings is 2. The molecule has 0 bridgehead atoms. The first kappa shape index (κ1) is 26.8. The second-order valence-corrected chi connectivity index (χ2v) is 9.72. The van der Waals surface area contributed by atoms with Crippen molar-refractivity contribution in [2.45, 2.75) is 77.3 Å². The summed E-state index contributed by atoms with van der Waals surface area (Å²) >= 11 is 0. The summed E-state index contributed by atoms with van der Waals surface area (Å²) in [5, 5.41) is 10.4. The molecule has 0 saturated heterocycles. The highest BCUT2D eigenvalue weighted by Crippen LogP contribution is 2.25. The number of hydrogen-bond donors (Lipinski definition) is 1. The molecule has 5 heteroatoms. The number of aromatic hydroxyl groups is 1. The monoisotopic (exact) mass is 478 g/mol. The highest BCUT2D eigenvalue weighted by Gasteiger charge is 2.09. The molecule has 2 aromatic carbocycles. The fourth-order valence-electron chi connectivity index (χ4n) is 4.78. The van der Waals surface area contributed by atoms with E-state index in [1.807, 2.05) is 30.5 Å². The summed E-state index contributed by atoms with van der Waals surface area (Å²) in [4.78, 5) is 13.8. The van der Waals surface area contributed by atoms with Gasteiger partial charge in [0.15, 0.2) is 6.29 Å². The number of phenols is 1. The zero-order chi connectivity index (χ0) is 24.9. The van der Waals surface area contributed by atoms with Crippen LogP contribution < -0.4 is 4.74 Å². The molecule has 35 heavy (non-hydrogen) atoms. The average Bonchev–Trinajstić information content (AvgIpc) is 3.22. The number of aromatic nitrogens is 1. The highest BCUT2D eigenvalue weighted by atomic mass is 16.5. The molecule has 5 nitrogen and oxygen atoms in total. The van der Waals surface area contributed by atoms with Gasteiger partial charge < -0.3 is 19.3 Å². The number of methoxy groups -OCH3 is 1. The van der Waals surface area contributed by atoms with E-state index in [-0.39, 0.29) is 0 Å². The number of aldehydes is 1. The van der Waals surface area contributed by atoms with Gasteiger partial charge in [0.1, 0.15) is 11.5 Å². The Morgan fingerprint density at radius 1 is 0.886 bits per heavy atom. The molecular weight excluding hydrogens is 436 g/mol. The number of rotatable bonds is 17. The third-order valence-corrected chi connectivity index (χ3v) is 6.82. The Labute approximate surface area is 210 Å². The summed E-state index contributed by atoms with van der Waals surface area (Å²) in [6.45, 7) is 3.02. The van der Waals surface area contributed by atoms with Crippen molar-refractivity contribution in [2.24, 2.45) is 0 Å². The number of nitrogens with zero attached hydrogens (tertiary/aromatic N) is 2. The zero-order valence-electron chi connectivity index (χ0n) is 21.5. The number of unbranched alkanes of at least 4 members (excludes halogenated alkanes) is 9. The lowest BCUT2D eigenvalue weighted by Gasteiger charge is -2.16. The molecule has 3 aromatic rings. The lowest BCUT2D eigenvalue weighted by Crippen LogP contribution is -2.18. The number of carbonyl (C=O) groups excluding carboxylic acids is 1. The number of hydrogen-bond acceptors (Lipinski definition) is 4. The van der Waals surface area contributed by atoms with Crippen molar-refractivity contribution in [3.05, 3.63) is 59.8 Å². The van der Waals surface area contributed by atoms with Gasteiger partial charge in [-0.1, -0.05) is 63.5 Å². The normalized spacial score (nSPS) is 11.4. The Morgan fingerprint density at radius 3 is 2.14 bits per heavy atom. The van der Waals surface area contributed by atoms with Crippen LogP contribution in [0.1, 0.15) is 80.1 Å². The summed E-state index contributed by atoms with van der Waals surface area (Å²) in [7, 11) is 3.82. The smallest absolute Gasteiger partial charge is 0.152 e. The van der Waals surface area contributed by atoms with Crippen LogP contribution >= 0.6 is 0 Å². The van der Waals surface area contributed by atoms with E-state index >= 15 is 0 Å². The predicted octanol–water partition coefficient (Wildman–Crippen LogP) is 7.20. The van der Waals surface area contributed by atoms with E-state index in [4.69, 9.17) is 4.74 Å². The molecule has 0 radical (unpaired) electrons. The standard InChI is InChI=1S/C30H42N2O3/c1-31(22-25-13-15-27(34)16-14-25)19-11-9-7-5-3-4-6-8-10-12-20-32-23-26(24-33)29-21-28(35-2)17-18-30(29)32/h13-18,21,23-24,34H,3-12,19-20,22H2,1-2H3. The van der Waals surface area contributed by atoms with E-state index in [1.54, 1.807) is 19.2 Å². The molecule has 3 rings (SSSR count). The van der Waals surface area contributed by atoms with Crippen LogP contribution in [-0.4, -0.2) is 41.6 Å². The van der Waals surface area contributed by atoms with Gasteiger partial charge in [0.25, 0.3) is 0 Å². The van der Waals surface area contributed by atoms with E-state index in [0.29, 0.717) is 5.75 Å². The summed E-state index contributed by atoms with van der Waals surface area (Å²) < 4.78 is 7.51. The summed E-state index contributed by atoms with van der Waals surface area (Å²) in [5.74, 6) is 1.12. The van der Waals surface area contributed by atoms with E-state index in [9.17, 15) is 9.90 Å². The quantitative estimate of drug-likeness (QED) is 0.165. The first-order chi connectivity index (χ1) is 17.1. The van der Waals surface area contributed by atoms with E-state index in [0.717, 1.165) is 54.6 Å². The predicted molar refractivity (Wildman–Crippen MR) is 144 cm³/mol. The summed E-state index contributed by atoms with van der Waals surface area (Å²) in [6, 6.07) is 13.5. The maximum absolute atomic E-state index is 11.4. The van der Waals surface area contributed by atoms with E-state index < -0.39 is 0 Å². The molecule has 0 aliphatic heterocycles. The fourth-order valence-corrected chi connectivity index (χ4v) is 4.78. The maximum Gasteiger partial charge on any atom is 0.152 e. The maximum atomic E-state index is 11.4. The molecule has 0 unspecified atom stereocenters. The van der Waals surface area contributed by atoms with Gasteiger partial charge in [0, 0.05) is 35.8 Å². The molecule has 0 fully saturated rings. The number of carbonyl (C=O) groups is 1. The van der Waals surface area contributed by atoms with Crippen molar-refractivity contribution in [3.8, 4) is 11.5 Å². The number of aryl methyl sites for hydroxylation is 1. The Balaban J connectivity index is 1.19. The molecule has 0 atom stereocenters. The molecule has 0 aliphatic rings. The lowest BCUT2D eigenvalue weighted by atomic mass is 10.1. The Kier molecular flexibility index (Phi) is 11.2. The van der Waals surface area contributed by atoms with Crippen LogP contribution in [0.4, 0.5) is 0 Å². The van der Waals surface area contributed by atoms with Crippen LogP contribution in [0.15, 0.2) is 48.7 Å². The largest absolute Gasteiger partial charge is 0.508 e. The summed E-state index contributed by atoms with van der Waals surface area (Å²) in [5.41, 5.74) is 3.10. The van der Waals surface area contributed by atoms with Gasteiger partial charge in [-0.15, -0.1) is 0 Å². The topological polar surface area (TPSA) is 54.7 Å². The van der Waals surface area contributed by atoms with Gasteiger partial charge in [0.05, 0.1) is 7.11 Å². The SMILES string of the molecule is COc1ccc2c(c1)c(C=O)cn2CCCCCCCCCCCCN(C)Cc1ccc(O)cc1. The molecule has 1 aromatic heterocycles. The lowest BCUT2D eigenvalue weighted by molar-refractivity contribution is 0.112. The Bertz CT molecular complexity index is 1030. The minimum Gasteiger partial charge on any atom is -0.508 e. The molecular formula is C30H42N2O3. The first-order valence-corrected chi connectivity index (χ1v) is 13.2. The number of ether oxygens (including phenoxy) is 1. The van der Waals surface area contributed by atoms with Gasteiger partial charge in [-0.2, -0.15) is 0 Å². The Hall–Kier alpha value is -2.79. The van der Waals surface area contributed by atoms with Crippen LogP contribution in [0.5, 0.6) is 11.5 Å². The van der Waals surface area contributed by atoms with Crippen LogP contribution in [0.25, 0.3) is 10.9 Å². The van der Waals surface area contributed by atoms with Gasteiger partial charge >= 0.3 is 0 Å². The van der Waals surface area contributed by atoms with E-state index in [2.05, 4.69) is 22.6 Å². The van der Waals surface area contributed by atoms with Crippen molar-refractivity contribution >= 4 is 17.2 Å². The highest BCUT2D eigenvalue weighted by molar-refractivity contribution is 5.98. The molecule has 1 heterocycles. The number of phenolic OH excluding ortho intramolecular Hbond substituents is 1. The Morgan fingerprint density at radius 2 is 1.51 bits per heavy atom.